The van der Waals surface area contributed by atoms with Crippen molar-refractivity contribution in [2.45, 2.75) is 50.5 Å². The number of anilines is 1. The zero-order chi connectivity index (χ0) is 21.4. The van der Waals surface area contributed by atoms with E-state index in [4.69, 9.17) is 9.47 Å². The second kappa shape index (κ2) is 8.28. The van der Waals surface area contributed by atoms with Gasteiger partial charge in [0.15, 0.2) is 11.5 Å². The highest BCUT2D eigenvalue weighted by atomic mass is 16.6. The molecule has 1 unspecified atom stereocenters. The molecule has 166 valence electrons. The van der Waals surface area contributed by atoms with Gasteiger partial charge in [0.1, 0.15) is 19.0 Å². The minimum atomic E-state index is -0.146. The van der Waals surface area contributed by atoms with Crippen LogP contribution in [0, 0.1) is 0 Å². The van der Waals surface area contributed by atoms with Crippen LogP contribution in [0.25, 0.3) is 0 Å². The second-order valence-corrected chi connectivity index (χ2v) is 8.65. The van der Waals surface area contributed by atoms with Crippen LogP contribution in [0.4, 0.5) is 10.5 Å². The quantitative estimate of drug-likeness (QED) is 0.813. The number of aromatic nitrogens is 3. The minimum absolute atomic E-state index is 0.0419. The number of carbonyl (C=O) groups excluding carboxylic acids is 1. The summed E-state index contributed by atoms with van der Waals surface area (Å²) in [6, 6.07) is 5.52. The molecule has 0 bridgehead atoms. The van der Waals surface area contributed by atoms with Crippen molar-refractivity contribution in [3.05, 3.63) is 34.5 Å². The van der Waals surface area contributed by atoms with Crippen molar-refractivity contribution in [3.63, 3.8) is 0 Å². The Kier molecular flexibility index (Phi) is 5.33. The summed E-state index contributed by atoms with van der Waals surface area (Å²) >= 11 is 0. The zero-order valence-electron chi connectivity index (χ0n) is 17.9. The van der Waals surface area contributed by atoms with Crippen LogP contribution < -0.4 is 20.5 Å². The Balaban J connectivity index is 1.31. The molecule has 1 saturated carbocycles. The van der Waals surface area contributed by atoms with E-state index in [0.29, 0.717) is 43.5 Å². The molecule has 3 aliphatic rings. The van der Waals surface area contributed by atoms with E-state index in [2.05, 4.69) is 10.4 Å². The number of urea groups is 1. The SMILES string of the molecule is Cn1nc(C2CCCN(C(=O)Nc3ccc4c(c3)OCCO4)C2)n(C2CCCC2)c1=O. The molecule has 1 aliphatic carbocycles. The number of amides is 2. The summed E-state index contributed by atoms with van der Waals surface area (Å²) in [5.74, 6) is 2.24. The van der Waals surface area contributed by atoms with Crippen LogP contribution in [0.3, 0.4) is 0 Å². The molecule has 2 aliphatic heterocycles. The Morgan fingerprint density at radius 3 is 2.68 bits per heavy atom. The molecule has 0 radical (unpaired) electrons. The number of hydrogen-bond donors (Lipinski definition) is 1. The summed E-state index contributed by atoms with van der Waals surface area (Å²) in [4.78, 5) is 27.5. The number of nitrogens with one attached hydrogen (secondary N) is 1. The highest BCUT2D eigenvalue weighted by Crippen LogP contribution is 2.34. The van der Waals surface area contributed by atoms with Crippen molar-refractivity contribution in [3.8, 4) is 11.5 Å². The fourth-order valence-corrected chi connectivity index (χ4v) is 4.98. The molecule has 2 aromatic rings. The van der Waals surface area contributed by atoms with E-state index in [1.807, 2.05) is 21.6 Å². The average Bonchev–Trinajstić information content (AvgIpc) is 3.42. The smallest absolute Gasteiger partial charge is 0.345 e. The number of aryl methyl sites for hydroxylation is 1. The molecule has 9 heteroatoms. The molecule has 3 heterocycles. The number of piperidine rings is 1. The topological polar surface area (TPSA) is 90.6 Å². The van der Waals surface area contributed by atoms with Crippen molar-refractivity contribution < 1.29 is 14.3 Å². The van der Waals surface area contributed by atoms with Crippen LogP contribution in [0.5, 0.6) is 11.5 Å². The maximum atomic E-state index is 13.0. The van der Waals surface area contributed by atoms with Crippen molar-refractivity contribution in [1.82, 2.24) is 19.2 Å². The molecular formula is C22H29N5O4. The lowest BCUT2D eigenvalue weighted by Crippen LogP contribution is -2.42. The molecule has 0 spiro atoms. The van der Waals surface area contributed by atoms with Gasteiger partial charge in [-0.15, -0.1) is 0 Å². The van der Waals surface area contributed by atoms with Gasteiger partial charge in [0.05, 0.1) is 0 Å². The third-order valence-corrected chi connectivity index (χ3v) is 6.54. The average molecular weight is 428 g/mol. The number of fused-ring (bicyclic) bond motifs is 1. The maximum absolute atomic E-state index is 13.0. The molecule has 9 nitrogen and oxygen atoms in total. The molecule has 2 amide bonds. The fraction of sp³-hybridized carbons (Fsp3) is 0.591. The summed E-state index contributed by atoms with van der Waals surface area (Å²) < 4.78 is 14.5. The summed E-state index contributed by atoms with van der Waals surface area (Å²) in [7, 11) is 1.71. The Morgan fingerprint density at radius 2 is 1.87 bits per heavy atom. The van der Waals surface area contributed by atoms with Crippen molar-refractivity contribution in [2.24, 2.45) is 7.05 Å². The summed E-state index contributed by atoms with van der Waals surface area (Å²) in [6.45, 7) is 2.28. The summed E-state index contributed by atoms with van der Waals surface area (Å²) in [5.41, 5.74) is 0.636. The number of likely N-dealkylation sites (tertiary alicyclic amines) is 1. The van der Waals surface area contributed by atoms with Gasteiger partial charge in [0.2, 0.25) is 0 Å². The van der Waals surface area contributed by atoms with E-state index in [9.17, 15) is 9.59 Å². The first-order valence-electron chi connectivity index (χ1n) is 11.2. The van der Waals surface area contributed by atoms with Gasteiger partial charge in [0, 0.05) is 43.9 Å². The van der Waals surface area contributed by atoms with Crippen molar-refractivity contribution in [1.29, 1.82) is 0 Å². The Labute approximate surface area is 180 Å². The molecule has 31 heavy (non-hydrogen) atoms. The van der Waals surface area contributed by atoms with E-state index in [1.54, 1.807) is 13.1 Å². The van der Waals surface area contributed by atoms with Gasteiger partial charge in [0.25, 0.3) is 0 Å². The molecule has 1 atom stereocenters. The third-order valence-electron chi connectivity index (χ3n) is 6.54. The Hall–Kier alpha value is -2.97. The third kappa shape index (κ3) is 3.88. The fourth-order valence-electron chi connectivity index (χ4n) is 4.98. The lowest BCUT2D eigenvalue weighted by Gasteiger charge is -2.33. The van der Waals surface area contributed by atoms with Gasteiger partial charge in [-0.1, -0.05) is 12.8 Å². The summed E-state index contributed by atoms with van der Waals surface area (Å²) in [5, 5.41) is 7.56. The molecule has 1 aromatic carbocycles. The van der Waals surface area contributed by atoms with Crippen LogP contribution in [0.15, 0.2) is 23.0 Å². The number of nitrogens with zero attached hydrogens (tertiary/aromatic N) is 4. The molecular weight excluding hydrogens is 398 g/mol. The van der Waals surface area contributed by atoms with Gasteiger partial charge >= 0.3 is 11.7 Å². The van der Waals surface area contributed by atoms with Crippen LogP contribution in [0.1, 0.15) is 56.3 Å². The van der Waals surface area contributed by atoms with E-state index in [0.717, 1.165) is 44.3 Å². The second-order valence-electron chi connectivity index (χ2n) is 8.65. The molecule has 5 rings (SSSR count). The van der Waals surface area contributed by atoms with Gasteiger partial charge in [-0.3, -0.25) is 4.57 Å². The molecule has 1 N–H and O–H groups in total. The lowest BCUT2D eigenvalue weighted by atomic mass is 9.97. The highest BCUT2D eigenvalue weighted by molar-refractivity contribution is 5.89. The lowest BCUT2D eigenvalue weighted by molar-refractivity contribution is 0.171. The van der Waals surface area contributed by atoms with Crippen LogP contribution >= 0.6 is 0 Å². The minimum Gasteiger partial charge on any atom is -0.486 e. The first-order valence-corrected chi connectivity index (χ1v) is 11.2. The van der Waals surface area contributed by atoms with Crippen molar-refractivity contribution >= 4 is 11.7 Å². The number of rotatable bonds is 3. The van der Waals surface area contributed by atoms with E-state index < -0.39 is 0 Å². The number of carbonyl (C=O) groups is 1. The zero-order valence-corrected chi connectivity index (χ0v) is 17.9. The molecule has 2 fully saturated rings. The largest absolute Gasteiger partial charge is 0.486 e. The monoisotopic (exact) mass is 427 g/mol. The van der Waals surface area contributed by atoms with Crippen LogP contribution in [-0.4, -0.2) is 51.6 Å². The number of hydrogen-bond acceptors (Lipinski definition) is 5. The standard InChI is InChI=1S/C22H29N5O4/c1-25-22(29)27(17-6-2-3-7-17)20(24-25)15-5-4-10-26(14-15)21(28)23-16-8-9-18-19(13-16)31-12-11-30-18/h8-9,13,15,17H,2-7,10-12,14H2,1H3,(H,23,28). The van der Waals surface area contributed by atoms with Crippen LogP contribution in [0.2, 0.25) is 0 Å². The normalized spacial score (nSPS) is 21.3. The van der Waals surface area contributed by atoms with E-state index in [1.165, 1.54) is 4.68 Å². The number of benzene rings is 1. The van der Waals surface area contributed by atoms with Gasteiger partial charge in [-0.25, -0.2) is 14.3 Å². The van der Waals surface area contributed by atoms with Gasteiger partial charge in [-0.05, 0) is 37.8 Å². The summed E-state index contributed by atoms with van der Waals surface area (Å²) in [6.07, 6.45) is 6.17. The highest BCUT2D eigenvalue weighted by Gasteiger charge is 2.32. The predicted octanol–water partition coefficient (Wildman–Crippen LogP) is 2.88. The van der Waals surface area contributed by atoms with Gasteiger partial charge in [-0.2, -0.15) is 5.10 Å². The first-order chi connectivity index (χ1) is 15.1. The Morgan fingerprint density at radius 1 is 1.10 bits per heavy atom. The molecule has 1 saturated heterocycles. The van der Waals surface area contributed by atoms with Crippen molar-refractivity contribution in [2.75, 3.05) is 31.6 Å². The predicted molar refractivity (Wildman–Crippen MR) is 115 cm³/mol. The Bertz CT molecular complexity index is 1020. The van der Waals surface area contributed by atoms with Crippen LogP contribution in [-0.2, 0) is 7.05 Å². The number of ether oxygens (including phenoxy) is 2. The van der Waals surface area contributed by atoms with Gasteiger partial charge < -0.3 is 19.7 Å². The molecule has 1 aromatic heterocycles. The van der Waals surface area contributed by atoms with E-state index in [-0.39, 0.29) is 23.7 Å². The van der Waals surface area contributed by atoms with E-state index >= 15 is 0 Å². The first kappa shape index (κ1) is 20.0. The maximum Gasteiger partial charge on any atom is 0.345 e.